The Hall–Kier alpha value is -2.80. The summed E-state index contributed by atoms with van der Waals surface area (Å²) in [6.45, 7) is 0.860. The first-order valence-electron chi connectivity index (χ1n) is 10.3. The van der Waals surface area contributed by atoms with E-state index in [1.165, 1.54) is 0 Å². The lowest BCUT2D eigenvalue weighted by Gasteiger charge is -2.10. The number of benzene rings is 3. The molecule has 31 heavy (non-hydrogen) atoms. The zero-order valence-electron chi connectivity index (χ0n) is 17.2. The van der Waals surface area contributed by atoms with Gasteiger partial charge in [-0.1, -0.05) is 91.0 Å². The molecule has 1 aliphatic rings. The van der Waals surface area contributed by atoms with Gasteiger partial charge in [0.05, 0.1) is 26.4 Å². The van der Waals surface area contributed by atoms with E-state index < -0.39 is 12.1 Å². The molecule has 5 nitrogen and oxygen atoms in total. The van der Waals surface area contributed by atoms with Crippen molar-refractivity contribution in [1.82, 2.24) is 0 Å². The smallest absolute Gasteiger partial charge is 0.248 e. The first-order chi connectivity index (χ1) is 15.2. The first-order valence-corrected chi connectivity index (χ1v) is 10.3. The lowest BCUT2D eigenvalue weighted by molar-refractivity contribution is -0.00705. The van der Waals surface area contributed by atoms with Crippen LogP contribution in [0.1, 0.15) is 16.7 Å². The number of ether oxygens (including phenoxy) is 3. The van der Waals surface area contributed by atoms with Crippen LogP contribution in [0.15, 0.2) is 78.9 Å². The molecular formula is C26H26O5. The lowest BCUT2D eigenvalue weighted by atomic mass is 9.97. The summed E-state index contributed by atoms with van der Waals surface area (Å²) in [6, 6.07) is 26.1. The Kier molecular flexibility index (Phi) is 6.92. The Morgan fingerprint density at radius 1 is 0.839 bits per heavy atom. The fraction of sp³-hybridized carbons (Fsp3) is 0.231. The molecule has 1 saturated heterocycles. The predicted octanol–water partition coefficient (Wildman–Crippen LogP) is 4.05. The standard InChI is InChI=1S/C26H26O5/c27-16-17-29-18-19-30-25-26(28,31-25)23-14-12-22(13-15-23)24-9-5-4-8-21(24)11-10-20-6-2-1-3-7-20/h1-15,25,27-28H,16-19H2/b11-10+. The van der Waals surface area contributed by atoms with Crippen LogP contribution in [0.2, 0.25) is 0 Å². The summed E-state index contributed by atoms with van der Waals surface area (Å²) in [5.74, 6) is -1.43. The van der Waals surface area contributed by atoms with Gasteiger partial charge < -0.3 is 24.4 Å². The molecule has 2 atom stereocenters. The van der Waals surface area contributed by atoms with Crippen molar-refractivity contribution in [3.8, 4) is 11.1 Å². The summed E-state index contributed by atoms with van der Waals surface area (Å²) in [7, 11) is 0. The van der Waals surface area contributed by atoms with E-state index in [4.69, 9.17) is 19.3 Å². The Labute approximate surface area is 182 Å². The fourth-order valence-electron chi connectivity index (χ4n) is 3.40. The van der Waals surface area contributed by atoms with Gasteiger partial charge in [0.2, 0.25) is 12.1 Å². The Morgan fingerprint density at radius 3 is 2.35 bits per heavy atom. The molecule has 0 bridgehead atoms. The highest BCUT2D eigenvalue weighted by atomic mass is 16.9. The van der Waals surface area contributed by atoms with Crippen LogP contribution in [0.5, 0.6) is 0 Å². The molecule has 0 radical (unpaired) electrons. The highest BCUT2D eigenvalue weighted by molar-refractivity contribution is 5.80. The maximum Gasteiger partial charge on any atom is 0.248 e. The van der Waals surface area contributed by atoms with Crippen LogP contribution >= 0.6 is 0 Å². The van der Waals surface area contributed by atoms with Gasteiger partial charge in [-0.05, 0) is 22.3 Å². The van der Waals surface area contributed by atoms with Crippen LogP contribution in [0.25, 0.3) is 23.3 Å². The van der Waals surface area contributed by atoms with Gasteiger partial charge in [0.1, 0.15) is 0 Å². The number of aliphatic hydroxyl groups is 2. The van der Waals surface area contributed by atoms with Gasteiger partial charge in [0.25, 0.3) is 0 Å². The molecule has 0 saturated carbocycles. The van der Waals surface area contributed by atoms with Gasteiger partial charge in [0, 0.05) is 5.56 Å². The number of hydrogen-bond donors (Lipinski definition) is 2. The van der Waals surface area contributed by atoms with Crippen LogP contribution in [0, 0.1) is 0 Å². The maximum atomic E-state index is 10.6. The first kappa shape index (κ1) is 21.4. The lowest BCUT2D eigenvalue weighted by Crippen LogP contribution is -2.16. The van der Waals surface area contributed by atoms with E-state index in [2.05, 4.69) is 36.4 Å². The van der Waals surface area contributed by atoms with Gasteiger partial charge in [-0.15, -0.1) is 0 Å². The second-order valence-corrected chi connectivity index (χ2v) is 7.26. The fourth-order valence-corrected chi connectivity index (χ4v) is 3.40. The van der Waals surface area contributed by atoms with Gasteiger partial charge in [-0.2, -0.15) is 0 Å². The van der Waals surface area contributed by atoms with Crippen molar-refractivity contribution in [3.05, 3.63) is 95.6 Å². The normalized spacial score (nSPS) is 20.3. The molecule has 1 fully saturated rings. The average Bonchev–Trinajstić information content (AvgIpc) is 3.49. The van der Waals surface area contributed by atoms with Gasteiger partial charge >= 0.3 is 0 Å². The van der Waals surface area contributed by atoms with Gasteiger partial charge in [0.15, 0.2) is 0 Å². The predicted molar refractivity (Wildman–Crippen MR) is 120 cm³/mol. The molecule has 3 aromatic carbocycles. The van der Waals surface area contributed by atoms with E-state index in [0.29, 0.717) is 12.2 Å². The van der Waals surface area contributed by atoms with Crippen LogP contribution in [-0.4, -0.2) is 42.9 Å². The topological polar surface area (TPSA) is 71.5 Å². The SMILES string of the molecule is OCCOCCOC1OC1(O)c1ccc(-c2ccccc2/C=C/c2ccccc2)cc1. The molecule has 4 rings (SSSR count). The zero-order valence-corrected chi connectivity index (χ0v) is 17.2. The van der Waals surface area contributed by atoms with Gasteiger partial charge in [-0.25, -0.2) is 0 Å². The number of epoxide rings is 1. The molecule has 5 heteroatoms. The van der Waals surface area contributed by atoms with Crippen LogP contribution in [-0.2, 0) is 20.0 Å². The molecule has 0 aromatic heterocycles. The maximum absolute atomic E-state index is 10.6. The molecule has 0 spiro atoms. The van der Waals surface area contributed by atoms with Crippen molar-refractivity contribution < 1.29 is 24.4 Å². The minimum absolute atomic E-state index is 0.0264. The summed E-state index contributed by atoms with van der Waals surface area (Å²) >= 11 is 0. The van der Waals surface area contributed by atoms with E-state index in [9.17, 15) is 5.11 Å². The number of rotatable bonds is 10. The molecule has 3 aromatic rings. The summed E-state index contributed by atoms with van der Waals surface area (Å²) in [6.07, 6.45) is 3.50. The molecule has 0 aliphatic carbocycles. The van der Waals surface area contributed by atoms with Crippen molar-refractivity contribution >= 4 is 12.2 Å². The number of aliphatic hydroxyl groups excluding tert-OH is 1. The van der Waals surface area contributed by atoms with Crippen molar-refractivity contribution in [2.75, 3.05) is 26.4 Å². The van der Waals surface area contributed by atoms with E-state index >= 15 is 0 Å². The van der Waals surface area contributed by atoms with Crippen LogP contribution < -0.4 is 0 Å². The molecule has 2 N–H and O–H groups in total. The van der Waals surface area contributed by atoms with E-state index in [0.717, 1.165) is 22.3 Å². The number of hydrogen-bond acceptors (Lipinski definition) is 5. The highest BCUT2D eigenvalue weighted by Crippen LogP contribution is 2.44. The third-order valence-corrected chi connectivity index (χ3v) is 5.11. The highest BCUT2D eigenvalue weighted by Gasteiger charge is 2.58. The summed E-state index contributed by atoms with van der Waals surface area (Å²) in [5, 5.41) is 19.3. The van der Waals surface area contributed by atoms with E-state index in [-0.39, 0.29) is 19.8 Å². The largest absolute Gasteiger partial charge is 0.394 e. The third-order valence-electron chi connectivity index (χ3n) is 5.11. The molecule has 160 valence electrons. The van der Waals surface area contributed by atoms with Crippen LogP contribution in [0.4, 0.5) is 0 Å². The minimum atomic E-state index is -1.43. The second-order valence-electron chi connectivity index (χ2n) is 7.26. The monoisotopic (exact) mass is 418 g/mol. The minimum Gasteiger partial charge on any atom is -0.394 e. The summed E-state index contributed by atoms with van der Waals surface area (Å²) < 4.78 is 16.0. The Bertz CT molecular complexity index is 1000. The molecule has 2 unspecified atom stereocenters. The van der Waals surface area contributed by atoms with Crippen molar-refractivity contribution in [3.63, 3.8) is 0 Å². The van der Waals surface area contributed by atoms with E-state index in [1.807, 2.05) is 54.6 Å². The molecule has 0 amide bonds. The van der Waals surface area contributed by atoms with Crippen LogP contribution in [0.3, 0.4) is 0 Å². The van der Waals surface area contributed by atoms with Crippen molar-refractivity contribution in [2.45, 2.75) is 12.1 Å². The quantitative estimate of drug-likeness (QED) is 0.295. The van der Waals surface area contributed by atoms with Gasteiger partial charge in [-0.3, -0.25) is 0 Å². The van der Waals surface area contributed by atoms with E-state index in [1.54, 1.807) is 0 Å². The summed E-state index contributed by atoms with van der Waals surface area (Å²) in [5.41, 5.74) is 5.07. The zero-order chi connectivity index (χ0) is 21.5. The Balaban J connectivity index is 1.43. The third kappa shape index (κ3) is 5.28. The molecule has 1 aliphatic heterocycles. The molecular weight excluding hydrogens is 392 g/mol. The van der Waals surface area contributed by atoms with Crippen molar-refractivity contribution in [1.29, 1.82) is 0 Å². The van der Waals surface area contributed by atoms with Crippen molar-refractivity contribution in [2.24, 2.45) is 0 Å². The average molecular weight is 418 g/mol. The summed E-state index contributed by atoms with van der Waals surface area (Å²) in [4.78, 5) is 0. The molecule has 1 heterocycles. The second kappa shape index (κ2) is 10.0. The Morgan fingerprint density at radius 2 is 1.58 bits per heavy atom.